The Hall–Kier alpha value is -4.20. The van der Waals surface area contributed by atoms with Crippen LogP contribution in [-0.2, 0) is 19.3 Å². The van der Waals surface area contributed by atoms with Crippen molar-refractivity contribution < 1.29 is 37.0 Å². The molecule has 0 saturated heterocycles. The molecule has 0 aliphatic carbocycles. The molecule has 0 spiro atoms. The van der Waals surface area contributed by atoms with E-state index in [0.29, 0.717) is 4.90 Å². The zero-order chi connectivity index (χ0) is 30.2. The molecule has 0 N–H and O–H groups in total. The topological polar surface area (TPSA) is 156 Å². The van der Waals surface area contributed by atoms with Gasteiger partial charge in [-0.3, -0.25) is 9.36 Å². The Bertz CT molecular complexity index is 1580. The van der Waals surface area contributed by atoms with Crippen molar-refractivity contribution in [3.8, 4) is 17.2 Å². The average molecular weight is 577 g/mol. The van der Waals surface area contributed by atoms with E-state index in [1.807, 2.05) is 0 Å². The zero-order valence-electron chi connectivity index (χ0n) is 23.8. The minimum Gasteiger partial charge on any atom is -0.494 e. The Kier molecular flexibility index (Phi) is 8.16. The summed E-state index contributed by atoms with van der Waals surface area (Å²) in [5.74, 6) is 0.400. The van der Waals surface area contributed by atoms with Crippen LogP contribution >= 0.6 is 0 Å². The third kappa shape index (κ3) is 6.50. The minimum atomic E-state index is -3.95. The van der Waals surface area contributed by atoms with Crippen molar-refractivity contribution in [1.82, 2.24) is 14.5 Å². The van der Waals surface area contributed by atoms with E-state index in [1.165, 1.54) is 14.2 Å². The van der Waals surface area contributed by atoms with Gasteiger partial charge in [-0.2, -0.15) is 9.88 Å². The third-order valence-corrected chi connectivity index (χ3v) is 5.92. The number of aromatic nitrogens is 3. The lowest BCUT2D eigenvalue weighted by Crippen LogP contribution is -2.44. The Balaban J connectivity index is 2.51. The predicted octanol–water partition coefficient (Wildman–Crippen LogP) is 3.88. The van der Waals surface area contributed by atoms with Crippen molar-refractivity contribution in [3.05, 3.63) is 40.8 Å². The maximum absolute atomic E-state index is 13.8. The Morgan fingerprint density at radius 2 is 1.43 bits per heavy atom. The monoisotopic (exact) mass is 576 g/mol. The molecular formula is C26H32N4O9S. The van der Waals surface area contributed by atoms with Crippen molar-refractivity contribution >= 4 is 38.7 Å². The van der Waals surface area contributed by atoms with E-state index in [0.717, 1.165) is 23.1 Å². The van der Waals surface area contributed by atoms with Gasteiger partial charge in [0.2, 0.25) is 15.0 Å². The number of rotatable bonds is 5. The highest BCUT2D eigenvalue weighted by molar-refractivity contribution is 7.90. The molecule has 2 aromatic heterocycles. The zero-order valence-corrected chi connectivity index (χ0v) is 24.6. The van der Waals surface area contributed by atoms with Crippen LogP contribution in [0.3, 0.4) is 0 Å². The van der Waals surface area contributed by atoms with Gasteiger partial charge in [-0.05, 0) is 53.7 Å². The molecule has 2 heterocycles. The second-order valence-corrected chi connectivity index (χ2v) is 12.6. The summed E-state index contributed by atoms with van der Waals surface area (Å²) in [6, 6.07) is 5.75. The van der Waals surface area contributed by atoms with Gasteiger partial charge in [-0.25, -0.2) is 23.0 Å². The molecule has 1 aromatic carbocycles. The van der Waals surface area contributed by atoms with E-state index in [-0.39, 0.29) is 33.9 Å². The molecule has 0 atom stereocenters. The number of para-hydroxylation sites is 1. The van der Waals surface area contributed by atoms with Gasteiger partial charge in [0.15, 0.2) is 5.65 Å². The molecule has 2 amide bonds. The Morgan fingerprint density at radius 3 is 1.85 bits per heavy atom. The normalized spacial score (nSPS) is 12.1. The van der Waals surface area contributed by atoms with E-state index in [9.17, 15) is 22.8 Å². The first kappa shape index (κ1) is 30.3. The van der Waals surface area contributed by atoms with E-state index >= 15 is 0 Å². The van der Waals surface area contributed by atoms with E-state index in [2.05, 4.69) is 9.97 Å². The van der Waals surface area contributed by atoms with Crippen molar-refractivity contribution in [2.45, 2.75) is 57.9 Å². The standard InChI is InChI=1S/C26H32N4O9S/c1-25(2,3)38-23(32)29(24(33)39-26(4,5)6)16-13-19(31)30(20-17(36-7)11-10-12-18(20)37-8)21-15(16)14-27-22(28-21)40(9,34)35/h10-14H,1-9H3. The first-order chi connectivity index (χ1) is 18.4. The number of amides is 2. The smallest absolute Gasteiger partial charge is 0.424 e. The van der Waals surface area contributed by atoms with Crippen LogP contribution < -0.4 is 19.9 Å². The Morgan fingerprint density at radius 1 is 0.925 bits per heavy atom. The molecule has 40 heavy (non-hydrogen) atoms. The van der Waals surface area contributed by atoms with Crippen molar-refractivity contribution in [1.29, 1.82) is 0 Å². The summed E-state index contributed by atoms with van der Waals surface area (Å²) in [6.07, 6.45) is -0.282. The van der Waals surface area contributed by atoms with Crippen molar-refractivity contribution in [2.24, 2.45) is 0 Å². The van der Waals surface area contributed by atoms with Gasteiger partial charge in [0.1, 0.15) is 28.4 Å². The highest BCUT2D eigenvalue weighted by atomic mass is 32.2. The van der Waals surface area contributed by atoms with Crippen LogP contribution in [0.5, 0.6) is 11.5 Å². The lowest BCUT2D eigenvalue weighted by molar-refractivity contribution is 0.0431. The molecule has 0 aliphatic rings. The molecule has 0 unspecified atom stereocenters. The molecular weight excluding hydrogens is 544 g/mol. The van der Waals surface area contributed by atoms with Crippen molar-refractivity contribution in [2.75, 3.05) is 25.4 Å². The fraction of sp³-hybridized carbons (Fsp3) is 0.423. The van der Waals surface area contributed by atoms with Crippen molar-refractivity contribution in [3.63, 3.8) is 0 Å². The SMILES string of the molecule is COc1cccc(OC)c1-n1c(=O)cc(N(C(=O)OC(C)(C)C)C(=O)OC(C)(C)C)c2cnc(S(C)(=O)=O)nc21. The maximum Gasteiger partial charge on any atom is 0.424 e. The summed E-state index contributed by atoms with van der Waals surface area (Å²) in [4.78, 5) is 49.1. The maximum atomic E-state index is 13.8. The van der Waals surface area contributed by atoms with E-state index in [1.54, 1.807) is 59.7 Å². The minimum absolute atomic E-state index is 0.0447. The number of pyridine rings is 1. The van der Waals surface area contributed by atoms with Gasteiger partial charge in [0.25, 0.3) is 5.56 Å². The molecule has 0 saturated carbocycles. The van der Waals surface area contributed by atoms with E-state index < -0.39 is 43.9 Å². The number of sulfone groups is 1. The molecule has 0 bridgehead atoms. The summed E-state index contributed by atoms with van der Waals surface area (Å²) in [6.45, 7) is 9.61. The second kappa shape index (κ2) is 10.8. The molecule has 3 aromatic rings. The van der Waals surface area contributed by atoms with Gasteiger partial charge >= 0.3 is 12.2 Å². The van der Waals surface area contributed by atoms with Gasteiger partial charge in [-0.15, -0.1) is 0 Å². The molecule has 14 heteroatoms. The lowest BCUT2D eigenvalue weighted by atomic mass is 10.2. The van der Waals surface area contributed by atoms with Gasteiger partial charge < -0.3 is 18.9 Å². The number of carbonyl (C=O) groups is 2. The molecule has 3 rings (SSSR count). The average Bonchev–Trinajstić information content (AvgIpc) is 2.80. The largest absolute Gasteiger partial charge is 0.494 e. The fourth-order valence-corrected chi connectivity index (χ4v) is 4.09. The number of methoxy groups -OCH3 is 2. The summed E-state index contributed by atoms with van der Waals surface area (Å²) in [5, 5.41) is -0.642. The summed E-state index contributed by atoms with van der Waals surface area (Å²) >= 11 is 0. The number of benzene rings is 1. The van der Waals surface area contributed by atoms with Gasteiger partial charge in [-0.1, -0.05) is 6.07 Å². The quantitative estimate of drug-likeness (QED) is 0.406. The van der Waals surface area contributed by atoms with E-state index in [4.69, 9.17) is 18.9 Å². The van der Waals surface area contributed by atoms with Crippen LogP contribution in [0.1, 0.15) is 41.5 Å². The number of fused-ring (bicyclic) bond motifs is 1. The first-order valence-electron chi connectivity index (χ1n) is 12.0. The number of ether oxygens (including phenoxy) is 4. The third-order valence-electron chi connectivity index (χ3n) is 5.06. The molecule has 0 fully saturated rings. The molecule has 13 nitrogen and oxygen atoms in total. The Labute approximate surface area is 231 Å². The number of hydrogen-bond acceptors (Lipinski definition) is 11. The van der Waals surface area contributed by atoms with Crippen LogP contribution in [-0.4, -0.2) is 66.8 Å². The number of imide groups is 1. The predicted molar refractivity (Wildman–Crippen MR) is 146 cm³/mol. The summed E-state index contributed by atoms with van der Waals surface area (Å²) in [5.41, 5.74) is -3.28. The second-order valence-electron chi connectivity index (χ2n) is 10.7. The highest BCUT2D eigenvalue weighted by Gasteiger charge is 2.35. The number of hydrogen-bond donors (Lipinski definition) is 0. The first-order valence-corrected chi connectivity index (χ1v) is 13.9. The van der Waals surface area contributed by atoms with Crippen LogP contribution in [0.2, 0.25) is 0 Å². The lowest BCUT2D eigenvalue weighted by Gasteiger charge is -2.29. The number of anilines is 1. The molecule has 216 valence electrons. The molecule has 0 radical (unpaired) electrons. The number of carbonyl (C=O) groups excluding carboxylic acids is 2. The van der Waals surface area contributed by atoms with Crippen LogP contribution in [0.25, 0.3) is 16.7 Å². The van der Waals surface area contributed by atoms with Gasteiger partial charge in [0, 0.05) is 18.5 Å². The summed E-state index contributed by atoms with van der Waals surface area (Å²) in [7, 11) is -1.19. The van der Waals surface area contributed by atoms with Crippen LogP contribution in [0, 0.1) is 0 Å². The fourth-order valence-electron chi connectivity index (χ4n) is 3.59. The molecule has 0 aliphatic heterocycles. The summed E-state index contributed by atoms with van der Waals surface area (Å²) < 4.78 is 47.6. The van der Waals surface area contributed by atoms with Gasteiger partial charge in [0.05, 0.1) is 25.3 Å². The van der Waals surface area contributed by atoms with Crippen LogP contribution in [0.15, 0.2) is 40.4 Å². The highest BCUT2D eigenvalue weighted by Crippen LogP contribution is 2.35. The number of nitrogens with zero attached hydrogens (tertiary/aromatic N) is 4. The van der Waals surface area contributed by atoms with Crippen LogP contribution in [0.4, 0.5) is 15.3 Å².